The number of benzene rings is 1. The number of aryl methyl sites for hydroxylation is 2. The summed E-state index contributed by atoms with van der Waals surface area (Å²) in [6.45, 7) is 5.41. The first-order valence-corrected chi connectivity index (χ1v) is 6.51. The summed E-state index contributed by atoms with van der Waals surface area (Å²) in [5.74, 6) is -0.181. The lowest BCUT2D eigenvalue weighted by Gasteiger charge is -2.09. The molecule has 4 nitrogen and oxygen atoms in total. The first-order chi connectivity index (χ1) is 9.47. The van der Waals surface area contributed by atoms with Gasteiger partial charge in [0.2, 0.25) is 0 Å². The van der Waals surface area contributed by atoms with Gasteiger partial charge in [-0.15, -0.1) is 0 Å². The van der Waals surface area contributed by atoms with Crippen molar-refractivity contribution in [2.75, 3.05) is 5.32 Å². The molecule has 1 aromatic carbocycles. The molecule has 1 heterocycles. The number of amides is 1. The number of carbonyl (C=O) groups is 1. The molecule has 4 heteroatoms. The lowest BCUT2D eigenvalue weighted by molar-refractivity contribution is 0.102. The second kappa shape index (κ2) is 5.84. The Hall–Kier alpha value is -2.20. The third kappa shape index (κ3) is 3.22. The molecule has 1 unspecified atom stereocenters. The SMILES string of the molecule is Cc1ccc(C(=O)Nc2ccc(C(C)O)cc2)c(C)n1. The van der Waals surface area contributed by atoms with E-state index in [0.717, 1.165) is 11.3 Å². The van der Waals surface area contributed by atoms with E-state index in [1.807, 2.05) is 19.9 Å². The van der Waals surface area contributed by atoms with Crippen LogP contribution in [0, 0.1) is 13.8 Å². The van der Waals surface area contributed by atoms with E-state index < -0.39 is 6.10 Å². The summed E-state index contributed by atoms with van der Waals surface area (Å²) in [4.78, 5) is 16.4. The van der Waals surface area contributed by atoms with Crippen LogP contribution in [0.25, 0.3) is 0 Å². The highest BCUT2D eigenvalue weighted by atomic mass is 16.3. The van der Waals surface area contributed by atoms with E-state index >= 15 is 0 Å². The van der Waals surface area contributed by atoms with Gasteiger partial charge in [0.1, 0.15) is 0 Å². The molecule has 104 valence electrons. The molecule has 0 saturated carbocycles. The summed E-state index contributed by atoms with van der Waals surface area (Å²) in [7, 11) is 0. The van der Waals surface area contributed by atoms with Crippen LogP contribution in [0.15, 0.2) is 36.4 Å². The molecule has 20 heavy (non-hydrogen) atoms. The molecule has 2 rings (SSSR count). The van der Waals surface area contributed by atoms with Gasteiger partial charge in [-0.25, -0.2) is 0 Å². The van der Waals surface area contributed by atoms with Gasteiger partial charge in [0.15, 0.2) is 0 Å². The van der Waals surface area contributed by atoms with Crippen LogP contribution in [-0.2, 0) is 0 Å². The number of aliphatic hydroxyl groups is 1. The molecule has 0 saturated heterocycles. The maximum Gasteiger partial charge on any atom is 0.257 e. The fourth-order valence-electron chi connectivity index (χ4n) is 1.97. The Labute approximate surface area is 118 Å². The minimum atomic E-state index is -0.511. The van der Waals surface area contributed by atoms with Crippen molar-refractivity contribution in [3.8, 4) is 0 Å². The molecule has 0 aliphatic carbocycles. The Bertz CT molecular complexity index is 619. The topological polar surface area (TPSA) is 62.2 Å². The second-order valence-corrected chi connectivity index (χ2v) is 4.84. The smallest absolute Gasteiger partial charge is 0.257 e. The number of hydrogen-bond acceptors (Lipinski definition) is 3. The second-order valence-electron chi connectivity index (χ2n) is 4.84. The van der Waals surface area contributed by atoms with Gasteiger partial charge in [0.25, 0.3) is 5.91 Å². The van der Waals surface area contributed by atoms with Crippen LogP contribution in [0.1, 0.15) is 40.3 Å². The zero-order chi connectivity index (χ0) is 14.7. The van der Waals surface area contributed by atoms with Crippen LogP contribution >= 0.6 is 0 Å². The molecule has 1 aromatic heterocycles. The molecule has 0 radical (unpaired) electrons. The molecule has 2 aromatic rings. The van der Waals surface area contributed by atoms with Crippen molar-refractivity contribution in [2.45, 2.75) is 26.9 Å². The molecule has 0 spiro atoms. The highest BCUT2D eigenvalue weighted by Gasteiger charge is 2.10. The average Bonchev–Trinajstić information content (AvgIpc) is 2.39. The van der Waals surface area contributed by atoms with Gasteiger partial charge in [-0.3, -0.25) is 9.78 Å². The van der Waals surface area contributed by atoms with Gasteiger partial charge in [0, 0.05) is 11.4 Å². The van der Waals surface area contributed by atoms with E-state index in [2.05, 4.69) is 10.3 Å². The normalized spacial score (nSPS) is 12.0. The van der Waals surface area contributed by atoms with Crippen molar-refractivity contribution in [3.63, 3.8) is 0 Å². The summed E-state index contributed by atoms with van der Waals surface area (Å²) in [5.41, 5.74) is 3.68. The van der Waals surface area contributed by atoms with E-state index in [0.29, 0.717) is 16.9 Å². The van der Waals surface area contributed by atoms with Gasteiger partial charge in [-0.2, -0.15) is 0 Å². The van der Waals surface area contributed by atoms with Crippen molar-refractivity contribution >= 4 is 11.6 Å². The predicted molar refractivity (Wildman–Crippen MR) is 78.7 cm³/mol. The van der Waals surface area contributed by atoms with Gasteiger partial charge in [-0.05, 0) is 50.6 Å². The Morgan fingerprint density at radius 3 is 2.35 bits per heavy atom. The summed E-state index contributed by atoms with van der Waals surface area (Å²) in [5, 5.41) is 12.3. The number of anilines is 1. The highest BCUT2D eigenvalue weighted by molar-refractivity contribution is 6.04. The van der Waals surface area contributed by atoms with Crippen molar-refractivity contribution in [3.05, 3.63) is 58.9 Å². The fraction of sp³-hybridized carbons (Fsp3) is 0.250. The molecule has 2 N–H and O–H groups in total. The highest BCUT2D eigenvalue weighted by Crippen LogP contribution is 2.17. The van der Waals surface area contributed by atoms with Crippen LogP contribution in [0.5, 0.6) is 0 Å². The molecule has 0 aliphatic heterocycles. The molecule has 0 fully saturated rings. The number of aliphatic hydroxyl groups excluding tert-OH is 1. The molecular weight excluding hydrogens is 252 g/mol. The van der Waals surface area contributed by atoms with Crippen LogP contribution in [0.4, 0.5) is 5.69 Å². The third-order valence-electron chi connectivity index (χ3n) is 3.12. The summed E-state index contributed by atoms with van der Waals surface area (Å²) >= 11 is 0. The Balaban J connectivity index is 2.15. The van der Waals surface area contributed by atoms with Crippen molar-refractivity contribution in [1.82, 2.24) is 4.98 Å². The first kappa shape index (κ1) is 14.2. The number of rotatable bonds is 3. The molecule has 0 aliphatic rings. The number of nitrogens with zero attached hydrogens (tertiary/aromatic N) is 1. The van der Waals surface area contributed by atoms with Crippen LogP contribution in [0.2, 0.25) is 0 Å². The Kier molecular flexibility index (Phi) is 4.15. The number of nitrogens with one attached hydrogen (secondary N) is 1. The van der Waals surface area contributed by atoms with E-state index in [1.165, 1.54) is 0 Å². The van der Waals surface area contributed by atoms with E-state index in [9.17, 15) is 9.90 Å². The average molecular weight is 270 g/mol. The number of carbonyl (C=O) groups excluding carboxylic acids is 1. The van der Waals surface area contributed by atoms with Gasteiger partial charge < -0.3 is 10.4 Å². The predicted octanol–water partition coefficient (Wildman–Crippen LogP) is 3.00. The lowest BCUT2D eigenvalue weighted by Crippen LogP contribution is -2.14. The van der Waals surface area contributed by atoms with Gasteiger partial charge in [-0.1, -0.05) is 12.1 Å². The summed E-state index contributed by atoms with van der Waals surface area (Å²) in [6.07, 6.45) is -0.511. The molecule has 1 amide bonds. The van der Waals surface area contributed by atoms with E-state index in [1.54, 1.807) is 37.3 Å². The summed E-state index contributed by atoms with van der Waals surface area (Å²) < 4.78 is 0. The zero-order valence-corrected chi connectivity index (χ0v) is 11.8. The maximum absolute atomic E-state index is 12.2. The van der Waals surface area contributed by atoms with Crippen molar-refractivity contribution in [2.24, 2.45) is 0 Å². The molecule has 0 bridgehead atoms. The fourth-order valence-corrected chi connectivity index (χ4v) is 1.97. The minimum Gasteiger partial charge on any atom is -0.389 e. The Morgan fingerprint density at radius 2 is 1.80 bits per heavy atom. The van der Waals surface area contributed by atoms with Gasteiger partial charge in [0.05, 0.1) is 17.4 Å². The van der Waals surface area contributed by atoms with E-state index in [-0.39, 0.29) is 5.91 Å². The lowest BCUT2D eigenvalue weighted by atomic mass is 10.1. The first-order valence-electron chi connectivity index (χ1n) is 6.51. The third-order valence-corrected chi connectivity index (χ3v) is 3.12. The zero-order valence-electron chi connectivity index (χ0n) is 11.8. The Morgan fingerprint density at radius 1 is 1.15 bits per heavy atom. The standard InChI is InChI=1S/C16H18N2O2/c1-10-4-9-15(11(2)17-10)16(20)18-14-7-5-13(6-8-14)12(3)19/h4-9,12,19H,1-3H3,(H,18,20). The van der Waals surface area contributed by atoms with Gasteiger partial charge >= 0.3 is 0 Å². The van der Waals surface area contributed by atoms with Crippen LogP contribution in [-0.4, -0.2) is 16.0 Å². The molecular formula is C16H18N2O2. The quantitative estimate of drug-likeness (QED) is 0.901. The monoisotopic (exact) mass is 270 g/mol. The van der Waals surface area contributed by atoms with Crippen molar-refractivity contribution in [1.29, 1.82) is 0 Å². The summed E-state index contributed by atoms with van der Waals surface area (Å²) in [6, 6.07) is 10.7. The van der Waals surface area contributed by atoms with Crippen LogP contribution in [0.3, 0.4) is 0 Å². The van der Waals surface area contributed by atoms with Crippen LogP contribution < -0.4 is 5.32 Å². The maximum atomic E-state index is 12.2. The van der Waals surface area contributed by atoms with Crippen molar-refractivity contribution < 1.29 is 9.90 Å². The largest absolute Gasteiger partial charge is 0.389 e. The van der Waals surface area contributed by atoms with E-state index in [4.69, 9.17) is 0 Å². The number of aromatic nitrogens is 1. The number of hydrogen-bond donors (Lipinski definition) is 2. The minimum absolute atomic E-state index is 0.181. The number of pyridine rings is 1. The molecule has 1 atom stereocenters.